The maximum Gasteiger partial charge on any atom is 0.343 e. The summed E-state index contributed by atoms with van der Waals surface area (Å²) in [4.78, 5) is 39.5. The second kappa shape index (κ2) is 11.8. The van der Waals surface area contributed by atoms with Gasteiger partial charge in [0.25, 0.3) is 11.8 Å². The van der Waals surface area contributed by atoms with Crippen molar-refractivity contribution < 1.29 is 28.6 Å². The van der Waals surface area contributed by atoms with Crippen molar-refractivity contribution in [3.05, 3.63) is 125 Å². The predicted octanol–water partition coefficient (Wildman–Crippen LogP) is 5.93. The molecule has 0 fully saturated rings. The third kappa shape index (κ3) is 5.67. The molecule has 0 bridgehead atoms. The van der Waals surface area contributed by atoms with Gasteiger partial charge in [-0.15, -0.1) is 0 Å². The van der Waals surface area contributed by atoms with Crippen LogP contribution in [0.3, 0.4) is 0 Å². The van der Waals surface area contributed by atoms with E-state index in [0.717, 1.165) is 10.5 Å². The van der Waals surface area contributed by atoms with E-state index in [0.29, 0.717) is 35.1 Å². The van der Waals surface area contributed by atoms with Crippen molar-refractivity contribution in [1.29, 1.82) is 0 Å². The zero-order valence-electron chi connectivity index (χ0n) is 21.3. The molecule has 200 valence electrons. The molecule has 2 amide bonds. The summed E-state index contributed by atoms with van der Waals surface area (Å²) < 4.78 is 16.5. The average Bonchev–Trinajstić information content (AvgIpc) is 3.20. The van der Waals surface area contributed by atoms with Gasteiger partial charge in [0.05, 0.1) is 18.4 Å². The number of esters is 1. The number of nitrogens with zero attached hydrogens (tertiary/aromatic N) is 1. The zero-order valence-corrected chi connectivity index (χ0v) is 22.1. The normalized spacial score (nSPS) is 12.9. The summed E-state index contributed by atoms with van der Waals surface area (Å²) >= 11 is 6.23. The summed E-state index contributed by atoms with van der Waals surface area (Å²) in [7, 11) is 1.45. The standard InChI is InChI=1S/C31H23ClN2O6/c1-38-26-10-6-5-9-25(26)34-29(35)27(32)28(30(34)36)33-22-13-11-21(12-14-22)31(37)40-24-17-15-23(16-18-24)39-19-20-7-3-2-4-8-20/h2-18,33H,19H2,1H3. The first kappa shape index (κ1) is 26.5. The highest BCUT2D eigenvalue weighted by Gasteiger charge is 2.40. The van der Waals surface area contributed by atoms with E-state index in [1.54, 1.807) is 60.7 Å². The number of carbonyl (C=O) groups excluding carboxylic acids is 3. The van der Waals surface area contributed by atoms with Crippen LogP contribution in [-0.2, 0) is 16.2 Å². The molecule has 40 heavy (non-hydrogen) atoms. The Labute approximate surface area is 235 Å². The molecule has 0 radical (unpaired) electrons. The molecule has 1 N–H and O–H groups in total. The Hall–Kier alpha value is -5.08. The van der Waals surface area contributed by atoms with Crippen LogP contribution in [0.4, 0.5) is 11.4 Å². The summed E-state index contributed by atoms with van der Waals surface area (Å²) in [6, 6.07) is 29.4. The van der Waals surface area contributed by atoms with E-state index in [4.69, 9.17) is 25.8 Å². The van der Waals surface area contributed by atoms with Crippen LogP contribution < -0.4 is 24.4 Å². The number of hydrogen-bond donors (Lipinski definition) is 1. The van der Waals surface area contributed by atoms with Crippen LogP contribution >= 0.6 is 11.6 Å². The van der Waals surface area contributed by atoms with E-state index >= 15 is 0 Å². The first-order chi connectivity index (χ1) is 19.4. The van der Waals surface area contributed by atoms with Gasteiger partial charge in [-0.2, -0.15) is 0 Å². The van der Waals surface area contributed by atoms with Gasteiger partial charge >= 0.3 is 5.97 Å². The molecular formula is C31H23ClN2O6. The summed E-state index contributed by atoms with van der Waals surface area (Å²) in [5.74, 6) is -0.489. The highest BCUT2D eigenvalue weighted by Crippen LogP contribution is 2.35. The number of ether oxygens (including phenoxy) is 3. The van der Waals surface area contributed by atoms with Gasteiger partial charge in [-0.3, -0.25) is 9.59 Å². The lowest BCUT2D eigenvalue weighted by Crippen LogP contribution is -2.32. The quantitative estimate of drug-likeness (QED) is 0.156. The molecule has 0 aromatic heterocycles. The Morgan fingerprint density at radius 3 is 2.15 bits per heavy atom. The Morgan fingerprint density at radius 2 is 1.45 bits per heavy atom. The first-order valence-electron chi connectivity index (χ1n) is 12.2. The van der Waals surface area contributed by atoms with Crippen LogP contribution in [0.5, 0.6) is 17.2 Å². The van der Waals surface area contributed by atoms with Crippen LogP contribution in [-0.4, -0.2) is 24.9 Å². The van der Waals surface area contributed by atoms with Gasteiger partial charge in [-0.1, -0.05) is 54.1 Å². The maximum absolute atomic E-state index is 13.1. The zero-order chi connectivity index (χ0) is 28.1. The molecule has 9 heteroatoms. The summed E-state index contributed by atoms with van der Waals surface area (Å²) in [5.41, 5.74) is 1.99. The van der Waals surface area contributed by atoms with Gasteiger partial charge in [0, 0.05) is 5.69 Å². The van der Waals surface area contributed by atoms with Crippen molar-refractivity contribution >= 4 is 40.8 Å². The number of para-hydroxylation sites is 2. The molecule has 0 spiro atoms. The number of benzene rings is 4. The van der Waals surface area contributed by atoms with Crippen molar-refractivity contribution in [2.45, 2.75) is 6.61 Å². The van der Waals surface area contributed by atoms with Crippen LogP contribution in [0.2, 0.25) is 0 Å². The van der Waals surface area contributed by atoms with Gasteiger partial charge in [-0.05, 0) is 66.2 Å². The molecule has 0 atom stereocenters. The number of hydrogen-bond acceptors (Lipinski definition) is 7. The SMILES string of the molecule is COc1ccccc1N1C(=O)C(Cl)=C(Nc2ccc(C(=O)Oc3ccc(OCc4ccccc4)cc3)cc2)C1=O. The molecule has 5 rings (SSSR count). The minimum Gasteiger partial charge on any atom is -0.495 e. The maximum atomic E-state index is 13.1. The lowest BCUT2D eigenvalue weighted by molar-refractivity contribution is -0.120. The van der Waals surface area contributed by atoms with Crippen molar-refractivity contribution in [2.24, 2.45) is 0 Å². The topological polar surface area (TPSA) is 94.2 Å². The molecule has 4 aromatic rings. The van der Waals surface area contributed by atoms with E-state index in [1.807, 2.05) is 30.3 Å². The third-order valence-corrected chi connectivity index (χ3v) is 6.38. The number of nitrogens with one attached hydrogen (secondary N) is 1. The molecule has 0 saturated heterocycles. The van der Waals surface area contributed by atoms with E-state index in [-0.39, 0.29) is 16.4 Å². The Bertz CT molecular complexity index is 1580. The van der Waals surface area contributed by atoms with Gasteiger partial charge in [0.1, 0.15) is 34.6 Å². The molecule has 8 nitrogen and oxygen atoms in total. The van der Waals surface area contributed by atoms with Gasteiger partial charge in [0.2, 0.25) is 0 Å². The van der Waals surface area contributed by atoms with Crippen molar-refractivity contribution in [2.75, 3.05) is 17.3 Å². The number of methoxy groups -OCH3 is 1. The fourth-order valence-electron chi connectivity index (χ4n) is 3.99. The van der Waals surface area contributed by atoms with E-state index in [1.165, 1.54) is 19.2 Å². The van der Waals surface area contributed by atoms with Gasteiger partial charge < -0.3 is 19.5 Å². The predicted molar refractivity (Wildman–Crippen MR) is 151 cm³/mol. The highest BCUT2D eigenvalue weighted by molar-refractivity contribution is 6.53. The fourth-order valence-corrected chi connectivity index (χ4v) is 4.20. The number of amides is 2. The monoisotopic (exact) mass is 554 g/mol. The van der Waals surface area contributed by atoms with Crippen molar-refractivity contribution in [3.63, 3.8) is 0 Å². The smallest absolute Gasteiger partial charge is 0.343 e. The third-order valence-electron chi connectivity index (χ3n) is 6.03. The lowest BCUT2D eigenvalue weighted by atomic mass is 10.2. The second-order valence-corrected chi connectivity index (χ2v) is 9.02. The summed E-state index contributed by atoms with van der Waals surface area (Å²) in [5, 5.41) is 2.63. The molecule has 1 heterocycles. The van der Waals surface area contributed by atoms with Crippen LogP contribution in [0.15, 0.2) is 114 Å². The summed E-state index contributed by atoms with van der Waals surface area (Å²) in [6.45, 7) is 0.431. The van der Waals surface area contributed by atoms with Crippen LogP contribution in [0, 0.1) is 0 Å². The Kier molecular flexibility index (Phi) is 7.80. The van der Waals surface area contributed by atoms with Crippen LogP contribution in [0.25, 0.3) is 0 Å². The van der Waals surface area contributed by atoms with E-state index in [9.17, 15) is 14.4 Å². The average molecular weight is 555 g/mol. The molecule has 0 unspecified atom stereocenters. The van der Waals surface area contributed by atoms with E-state index in [2.05, 4.69) is 5.32 Å². The van der Waals surface area contributed by atoms with Crippen molar-refractivity contribution in [3.8, 4) is 17.2 Å². The summed E-state index contributed by atoms with van der Waals surface area (Å²) in [6.07, 6.45) is 0. The number of halogens is 1. The lowest BCUT2D eigenvalue weighted by Gasteiger charge is -2.17. The molecular weight excluding hydrogens is 532 g/mol. The minimum atomic E-state index is -0.671. The van der Waals surface area contributed by atoms with E-state index < -0.39 is 17.8 Å². The Morgan fingerprint density at radius 1 is 0.800 bits per heavy atom. The largest absolute Gasteiger partial charge is 0.495 e. The molecule has 1 aliphatic rings. The molecule has 4 aromatic carbocycles. The number of imide groups is 1. The minimum absolute atomic E-state index is 0.0810. The van der Waals surface area contributed by atoms with Gasteiger partial charge in [-0.25, -0.2) is 9.69 Å². The second-order valence-electron chi connectivity index (χ2n) is 8.64. The number of carbonyl (C=O) groups is 3. The highest BCUT2D eigenvalue weighted by atomic mass is 35.5. The molecule has 0 saturated carbocycles. The molecule has 0 aliphatic carbocycles. The van der Waals surface area contributed by atoms with Crippen molar-refractivity contribution in [1.82, 2.24) is 0 Å². The number of anilines is 2. The van der Waals surface area contributed by atoms with Gasteiger partial charge in [0.15, 0.2) is 0 Å². The first-order valence-corrected chi connectivity index (χ1v) is 12.6. The number of rotatable bonds is 9. The Balaban J connectivity index is 1.20. The van der Waals surface area contributed by atoms with Crippen LogP contribution in [0.1, 0.15) is 15.9 Å². The molecule has 1 aliphatic heterocycles. The fraction of sp³-hybridized carbons (Fsp3) is 0.0645.